The Morgan fingerprint density at radius 2 is 1.54 bits per heavy atom. The highest BCUT2D eigenvalue weighted by Crippen LogP contribution is 2.38. The molecule has 0 heterocycles. The van der Waals surface area contributed by atoms with E-state index in [0.29, 0.717) is 31.6 Å². The van der Waals surface area contributed by atoms with Crippen molar-refractivity contribution in [3.05, 3.63) is 66.6 Å². The molecule has 0 atom stereocenters. The molecule has 0 aliphatic rings. The molecular formula is C16H10Cl6O2. The third-order valence-corrected chi connectivity index (χ3v) is 4.31. The quantitative estimate of drug-likeness (QED) is 0.455. The van der Waals surface area contributed by atoms with Gasteiger partial charge in [-0.25, -0.2) is 0 Å². The fourth-order valence-electron chi connectivity index (χ4n) is 1.76. The van der Waals surface area contributed by atoms with Gasteiger partial charge in [0.05, 0.1) is 10.0 Å². The van der Waals surface area contributed by atoms with E-state index in [2.05, 4.69) is 0 Å². The van der Waals surface area contributed by atoms with Crippen LogP contribution in [-0.4, -0.2) is 6.61 Å². The van der Waals surface area contributed by atoms with Crippen LogP contribution < -0.4 is 9.47 Å². The molecule has 128 valence electrons. The number of hydrogen-bond acceptors (Lipinski definition) is 2. The van der Waals surface area contributed by atoms with Gasteiger partial charge in [0.1, 0.15) is 23.5 Å². The normalized spacial score (nSPS) is 10.4. The zero-order valence-corrected chi connectivity index (χ0v) is 16.5. The van der Waals surface area contributed by atoms with Gasteiger partial charge < -0.3 is 9.47 Å². The van der Waals surface area contributed by atoms with Crippen molar-refractivity contribution in [1.29, 1.82) is 0 Å². The van der Waals surface area contributed by atoms with Crippen molar-refractivity contribution in [2.24, 2.45) is 0 Å². The molecule has 0 aliphatic carbocycles. The molecule has 0 fully saturated rings. The lowest BCUT2D eigenvalue weighted by Crippen LogP contribution is -1.99. The predicted molar refractivity (Wildman–Crippen MR) is 103 cm³/mol. The number of halogens is 6. The van der Waals surface area contributed by atoms with Gasteiger partial charge in [0.15, 0.2) is 5.75 Å². The summed E-state index contributed by atoms with van der Waals surface area (Å²) in [4.78, 5) is 0. The van der Waals surface area contributed by atoms with Crippen molar-refractivity contribution in [3.63, 3.8) is 0 Å². The first kappa shape index (κ1) is 19.8. The topological polar surface area (TPSA) is 18.5 Å². The SMILES string of the molecule is ClC(Cl)=CCOc1cc(Cl)c(OCc2cc(Cl)ccc2Cl)c(Cl)c1. The highest BCUT2D eigenvalue weighted by molar-refractivity contribution is 6.55. The Balaban J connectivity index is 2.10. The zero-order valence-electron chi connectivity index (χ0n) is 12.0. The molecule has 0 aromatic heterocycles. The highest BCUT2D eigenvalue weighted by atomic mass is 35.5. The summed E-state index contributed by atoms with van der Waals surface area (Å²) in [5.41, 5.74) is 0.721. The van der Waals surface area contributed by atoms with Gasteiger partial charge in [-0.3, -0.25) is 0 Å². The van der Waals surface area contributed by atoms with Crippen molar-refractivity contribution in [1.82, 2.24) is 0 Å². The molecule has 2 aromatic carbocycles. The first-order chi connectivity index (χ1) is 11.4. The molecule has 24 heavy (non-hydrogen) atoms. The first-order valence-corrected chi connectivity index (χ1v) is 8.83. The van der Waals surface area contributed by atoms with Gasteiger partial charge >= 0.3 is 0 Å². The molecule has 0 unspecified atom stereocenters. The van der Waals surface area contributed by atoms with Crippen LogP contribution in [0.1, 0.15) is 5.56 Å². The van der Waals surface area contributed by atoms with E-state index < -0.39 is 0 Å². The summed E-state index contributed by atoms with van der Waals surface area (Å²) in [5, 5.41) is 1.70. The largest absolute Gasteiger partial charge is 0.489 e. The van der Waals surface area contributed by atoms with Crippen LogP contribution in [0.5, 0.6) is 11.5 Å². The van der Waals surface area contributed by atoms with Crippen LogP contribution in [0.3, 0.4) is 0 Å². The summed E-state index contributed by atoms with van der Waals surface area (Å²) in [6.45, 7) is 0.358. The molecule has 0 amide bonds. The average molecular weight is 447 g/mol. The van der Waals surface area contributed by atoms with Crippen molar-refractivity contribution in [3.8, 4) is 11.5 Å². The van der Waals surface area contributed by atoms with E-state index in [0.717, 1.165) is 5.56 Å². The van der Waals surface area contributed by atoms with Crippen LogP contribution in [0.2, 0.25) is 20.1 Å². The van der Waals surface area contributed by atoms with Gasteiger partial charge in [-0.2, -0.15) is 0 Å². The Bertz CT molecular complexity index is 733. The second-order valence-corrected chi connectivity index (χ2v) is 7.21. The third kappa shape index (κ3) is 5.80. The minimum atomic E-state index is 0.116. The maximum Gasteiger partial charge on any atom is 0.157 e. The molecule has 0 saturated carbocycles. The Labute approximate surface area is 169 Å². The number of benzene rings is 2. The fraction of sp³-hybridized carbons (Fsp3) is 0.125. The fourth-order valence-corrected chi connectivity index (χ4v) is 2.83. The van der Waals surface area contributed by atoms with Crippen molar-refractivity contribution < 1.29 is 9.47 Å². The molecule has 2 rings (SSSR count). The molecule has 0 N–H and O–H groups in total. The van der Waals surface area contributed by atoms with E-state index in [1.807, 2.05) is 0 Å². The maximum atomic E-state index is 6.20. The molecule has 2 aromatic rings. The lowest BCUT2D eigenvalue weighted by atomic mass is 10.2. The summed E-state index contributed by atoms with van der Waals surface area (Å²) in [7, 11) is 0. The van der Waals surface area contributed by atoms with Gasteiger partial charge in [0, 0.05) is 27.7 Å². The van der Waals surface area contributed by atoms with Crippen LogP contribution in [0, 0.1) is 0 Å². The lowest BCUT2D eigenvalue weighted by Gasteiger charge is -2.13. The van der Waals surface area contributed by atoms with E-state index in [1.54, 1.807) is 30.3 Å². The molecule has 0 bridgehead atoms. The second-order valence-electron chi connectivity index (χ2n) is 4.55. The Morgan fingerprint density at radius 1 is 0.875 bits per heavy atom. The van der Waals surface area contributed by atoms with Gasteiger partial charge in [-0.05, 0) is 24.3 Å². The minimum Gasteiger partial charge on any atom is -0.489 e. The molecule has 0 aliphatic heterocycles. The number of rotatable bonds is 6. The standard InChI is InChI=1S/C16H10Cl6O2/c17-10-1-2-12(18)9(5-10)8-24-16-13(19)6-11(7-14(16)20)23-4-3-15(21)22/h1-3,5-7H,4,8H2. The Kier molecular flexibility index (Phi) is 7.67. The van der Waals surface area contributed by atoms with Crippen molar-refractivity contribution in [2.75, 3.05) is 6.61 Å². The molecule has 0 saturated heterocycles. The highest BCUT2D eigenvalue weighted by Gasteiger charge is 2.12. The van der Waals surface area contributed by atoms with Crippen molar-refractivity contribution in [2.45, 2.75) is 6.61 Å². The molecular weight excluding hydrogens is 437 g/mol. The average Bonchev–Trinajstić information content (AvgIpc) is 2.49. The molecule has 8 heteroatoms. The summed E-state index contributed by atoms with van der Waals surface area (Å²) in [6, 6.07) is 8.27. The first-order valence-electron chi connectivity index (χ1n) is 6.56. The van der Waals surface area contributed by atoms with Crippen LogP contribution in [-0.2, 0) is 6.61 Å². The minimum absolute atomic E-state index is 0.116. The second kappa shape index (κ2) is 9.28. The van der Waals surface area contributed by atoms with E-state index in [4.69, 9.17) is 79.1 Å². The smallest absolute Gasteiger partial charge is 0.157 e. The van der Waals surface area contributed by atoms with Crippen LogP contribution in [0.4, 0.5) is 0 Å². The van der Waals surface area contributed by atoms with Crippen molar-refractivity contribution >= 4 is 69.6 Å². The van der Waals surface area contributed by atoms with Gasteiger partial charge in [0.25, 0.3) is 0 Å². The van der Waals surface area contributed by atoms with E-state index in [1.165, 1.54) is 6.08 Å². The monoisotopic (exact) mass is 444 g/mol. The van der Waals surface area contributed by atoms with E-state index in [-0.39, 0.29) is 17.7 Å². The molecule has 0 spiro atoms. The molecule has 2 nitrogen and oxygen atoms in total. The van der Waals surface area contributed by atoms with Crippen LogP contribution in [0.15, 0.2) is 40.9 Å². The summed E-state index contributed by atoms with van der Waals surface area (Å²) in [6.07, 6.45) is 1.50. The Hall–Kier alpha value is -0.480. The van der Waals surface area contributed by atoms with Gasteiger partial charge in [-0.1, -0.05) is 69.6 Å². The summed E-state index contributed by atoms with van der Waals surface area (Å²) in [5.74, 6) is 0.789. The number of hydrogen-bond donors (Lipinski definition) is 0. The number of ether oxygens (including phenoxy) is 2. The van der Waals surface area contributed by atoms with Crippen LogP contribution in [0.25, 0.3) is 0 Å². The summed E-state index contributed by atoms with van der Waals surface area (Å²) >= 11 is 35.5. The summed E-state index contributed by atoms with van der Waals surface area (Å²) < 4.78 is 11.2. The van der Waals surface area contributed by atoms with Gasteiger partial charge in [0.2, 0.25) is 0 Å². The Morgan fingerprint density at radius 3 is 2.17 bits per heavy atom. The van der Waals surface area contributed by atoms with E-state index in [9.17, 15) is 0 Å². The van der Waals surface area contributed by atoms with Gasteiger partial charge in [-0.15, -0.1) is 0 Å². The lowest BCUT2D eigenvalue weighted by molar-refractivity contribution is 0.305. The zero-order chi connectivity index (χ0) is 17.7. The maximum absolute atomic E-state index is 6.20. The van der Waals surface area contributed by atoms with E-state index >= 15 is 0 Å². The van der Waals surface area contributed by atoms with Crippen LogP contribution >= 0.6 is 69.6 Å². The molecule has 0 radical (unpaired) electrons. The third-order valence-electron chi connectivity index (χ3n) is 2.84. The predicted octanol–water partition coefficient (Wildman–Crippen LogP) is 7.58.